The fourth-order valence-electron chi connectivity index (χ4n) is 9.75. The lowest BCUT2D eigenvalue weighted by atomic mass is 9.84. The van der Waals surface area contributed by atoms with Crippen LogP contribution in [-0.4, -0.2) is 143 Å². The van der Waals surface area contributed by atoms with Crippen molar-refractivity contribution in [3.05, 3.63) is 88.9 Å². The van der Waals surface area contributed by atoms with Gasteiger partial charge in [-0.15, -0.1) is 0 Å². The number of allylic oxidation sites excluding steroid dienone is 1. The zero-order chi connectivity index (χ0) is 52.2. The van der Waals surface area contributed by atoms with Crippen LogP contribution >= 0.6 is 0 Å². The molecule has 5 heterocycles. The molecule has 7 rings (SSSR count). The van der Waals surface area contributed by atoms with Crippen molar-refractivity contribution in [2.24, 2.45) is 5.41 Å². The van der Waals surface area contributed by atoms with Gasteiger partial charge in [-0.1, -0.05) is 50.1 Å². The van der Waals surface area contributed by atoms with Gasteiger partial charge in [0.1, 0.15) is 17.8 Å². The molecule has 2 N–H and O–H groups in total. The highest BCUT2D eigenvalue weighted by Gasteiger charge is 2.37. The quantitative estimate of drug-likeness (QED) is 0.108. The number of pyridine rings is 1. The molecule has 0 saturated carbocycles. The lowest BCUT2D eigenvalue weighted by Gasteiger charge is -2.37. The minimum Gasteiger partial charge on any atom is -0.464 e. The Bertz CT molecular complexity index is 2810. The standard InChI is InChI=1S/C56H73N9O7/c1-13-64-46-23-22-40-32-42(46)43(50(64)41-20-15-26-57-48(41)37(4)71-12)33-55(5,6)34-72-53(69)44-21-16-29-65(59-44)52(68)45(31-38-18-14-19-39(40)30-38)58-51(67)49(36(2)3)61(11)54(70)63-28-17-27-62(35-63)47(66)24-25-56(7,8)60(9)10/h14-15,18-20,22-23,26,30,32,37,44-45,59H,13,16-17,21,27-29,31,33-35H2,1-12H3,(H,58,67)/t37-,44-,45-/m0/s1. The molecule has 2 fully saturated rings. The molecule has 5 amide bonds. The summed E-state index contributed by atoms with van der Waals surface area (Å²) in [7, 11) is 7.00. The van der Waals surface area contributed by atoms with Crippen molar-refractivity contribution in [2.75, 3.05) is 61.2 Å². The fourth-order valence-corrected chi connectivity index (χ4v) is 9.75. The lowest BCUT2D eigenvalue weighted by Crippen LogP contribution is -2.61. The lowest BCUT2D eigenvalue weighted by molar-refractivity contribution is -0.155. The second kappa shape index (κ2) is 22.1. The average Bonchev–Trinajstić information content (AvgIpc) is 3.67. The minimum absolute atomic E-state index is 0.00879. The number of likely N-dealkylation sites (N-methyl/N-ethyl adjacent to an activating group) is 1. The van der Waals surface area contributed by atoms with Crippen molar-refractivity contribution in [3.8, 4) is 34.2 Å². The van der Waals surface area contributed by atoms with Gasteiger partial charge >= 0.3 is 12.0 Å². The zero-order valence-electron chi connectivity index (χ0n) is 44.3. The number of amides is 5. The maximum absolute atomic E-state index is 14.8. The van der Waals surface area contributed by atoms with E-state index in [9.17, 15) is 24.0 Å². The molecule has 72 heavy (non-hydrogen) atoms. The summed E-state index contributed by atoms with van der Waals surface area (Å²) in [5, 5.41) is 5.50. The molecular weight excluding hydrogens is 911 g/mol. The maximum atomic E-state index is 14.8. The van der Waals surface area contributed by atoms with Crippen LogP contribution in [0.4, 0.5) is 4.79 Å². The number of carbonyl (C=O) groups is 5. The number of ether oxygens (including phenoxy) is 2. The van der Waals surface area contributed by atoms with Crippen molar-refractivity contribution in [2.45, 2.75) is 118 Å². The van der Waals surface area contributed by atoms with E-state index in [0.29, 0.717) is 57.4 Å². The predicted molar refractivity (Wildman–Crippen MR) is 279 cm³/mol. The van der Waals surface area contributed by atoms with Crippen molar-refractivity contribution >= 4 is 40.6 Å². The summed E-state index contributed by atoms with van der Waals surface area (Å²) in [5.74, 6) is 3.89. The normalized spacial score (nSPS) is 18.9. The highest BCUT2D eigenvalue weighted by Crippen LogP contribution is 2.42. The molecule has 2 saturated heterocycles. The predicted octanol–water partition coefficient (Wildman–Crippen LogP) is 6.93. The Balaban J connectivity index is 1.24. The monoisotopic (exact) mass is 984 g/mol. The van der Waals surface area contributed by atoms with Crippen LogP contribution in [0.2, 0.25) is 0 Å². The molecule has 0 aliphatic carbocycles. The number of aryl methyl sites for hydroxylation is 1. The van der Waals surface area contributed by atoms with Gasteiger partial charge in [-0.05, 0) is 139 Å². The second-order valence-corrected chi connectivity index (χ2v) is 21.0. The van der Waals surface area contributed by atoms with E-state index < -0.39 is 46.9 Å². The molecule has 6 bridgehead atoms. The Labute approximate surface area is 425 Å². The Hall–Kier alpha value is -6.54. The third-order valence-electron chi connectivity index (χ3n) is 14.3. The van der Waals surface area contributed by atoms with Gasteiger partial charge in [-0.3, -0.25) is 39.0 Å². The number of fused-ring (bicyclic) bond motifs is 6. The maximum Gasteiger partial charge on any atom is 0.325 e. The van der Waals surface area contributed by atoms with Gasteiger partial charge in [0.15, 0.2) is 0 Å². The summed E-state index contributed by atoms with van der Waals surface area (Å²) in [6.45, 7) is 17.6. The van der Waals surface area contributed by atoms with E-state index in [4.69, 9.17) is 14.5 Å². The van der Waals surface area contributed by atoms with Gasteiger partial charge < -0.3 is 29.2 Å². The van der Waals surface area contributed by atoms with Crippen LogP contribution in [0.3, 0.4) is 0 Å². The fraction of sp³-hybridized carbons (Fsp3) is 0.500. The van der Waals surface area contributed by atoms with Crippen LogP contribution in [0.1, 0.15) is 97.6 Å². The van der Waals surface area contributed by atoms with Crippen LogP contribution in [0.25, 0.3) is 33.3 Å². The first kappa shape index (κ1) is 53.3. The first-order chi connectivity index (χ1) is 34.1. The Morgan fingerprint density at radius 2 is 1.74 bits per heavy atom. The molecule has 384 valence electrons. The summed E-state index contributed by atoms with van der Waals surface area (Å²) < 4.78 is 14.3. The van der Waals surface area contributed by atoms with Crippen LogP contribution < -0.4 is 10.7 Å². The Morgan fingerprint density at radius 1 is 1.00 bits per heavy atom. The van der Waals surface area contributed by atoms with E-state index in [1.807, 2.05) is 70.1 Å². The largest absolute Gasteiger partial charge is 0.464 e. The molecule has 3 aliphatic rings. The number of cyclic esters (lactones) is 1. The average molecular weight is 984 g/mol. The number of aromatic nitrogens is 2. The summed E-state index contributed by atoms with van der Waals surface area (Å²) in [5.41, 5.74) is 10.4. The van der Waals surface area contributed by atoms with Gasteiger partial charge in [0, 0.05) is 74.8 Å². The molecule has 2 aromatic heterocycles. The summed E-state index contributed by atoms with van der Waals surface area (Å²) in [4.78, 5) is 82.1. The molecular formula is C56H73N9O7. The molecule has 2 aromatic carbocycles. The number of hydrogen-bond acceptors (Lipinski definition) is 10. The molecule has 4 aromatic rings. The zero-order valence-corrected chi connectivity index (χ0v) is 44.3. The number of esters is 1. The molecule has 0 radical (unpaired) electrons. The number of nitrogens with zero attached hydrogens (tertiary/aromatic N) is 7. The molecule has 0 unspecified atom stereocenters. The molecule has 3 aliphatic heterocycles. The van der Waals surface area contributed by atoms with E-state index in [1.54, 1.807) is 27.2 Å². The van der Waals surface area contributed by atoms with E-state index in [2.05, 4.69) is 72.2 Å². The Kier molecular flexibility index (Phi) is 16.3. The minimum atomic E-state index is -1.11. The molecule has 3 atom stereocenters. The number of hydrazine groups is 1. The van der Waals surface area contributed by atoms with E-state index in [0.717, 1.165) is 50.1 Å². The smallest absolute Gasteiger partial charge is 0.325 e. The van der Waals surface area contributed by atoms with Gasteiger partial charge in [0.2, 0.25) is 0 Å². The molecule has 16 heteroatoms. The van der Waals surface area contributed by atoms with Crippen molar-refractivity contribution in [1.82, 2.24) is 44.9 Å². The SMILES string of the molecule is CCn1c(-c2cccnc2[C@H](C)OC)c2c3cc(ccc31)-c1cccc(c1)C[C@H](NC(=O)C(=C(C)C)N(C)C(=O)N1CCCN(C(=O)C#CC(C)(C)N(C)C)C1)C(=O)N1CCC[C@H](N1)C(=O)OCC(C)(C)C2. The summed E-state index contributed by atoms with van der Waals surface area (Å²) in [6, 6.07) is 16.1. The summed E-state index contributed by atoms with van der Waals surface area (Å²) in [6.07, 6.45) is 3.73. The van der Waals surface area contributed by atoms with Crippen molar-refractivity contribution < 1.29 is 33.4 Å². The first-order valence-corrected chi connectivity index (χ1v) is 25.1. The molecule has 0 spiro atoms. The number of rotatable bonds is 8. The van der Waals surface area contributed by atoms with Crippen molar-refractivity contribution in [3.63, 3.8) is 0 Å². The number of carbonyl (C=O) groups excluding carboxylic acids is 5. The highest BCUT2D eigenvalue weighted by atomic mass is 16.5. The van der Waals surface area contributed by atoms with E-state index >= 15 is 0 Å². The highest BCUT2D eigenvalue weighted by molar-refractivity contribution is 6.01. The van der Waals surface area contributed by atoms with Crippen LogP contribution in [-0.2, 0) is 48.0 Å². The number of methoxy groups -OCH3 is 1. The van der Waals surface area contributed by atoms with Crippen molar-refractivity contribution in [1.29, 1.82) is 0 Å². The third-order valence-corrected chi connectivity index (χ3v) is 14.3. The molecule has 16 nitrogen and oxygen atoms in total. The topological polar surface area (TPSA) is 162 Å². The summed E-state index contributed by atoms with van der Waals surface area (Å²) >= 11 is 0. The van der Waals surface area contributed by atoms with Gasteiger partial charge in [0.05, 0.1) is 36.3 Å². The van der Waals surface area contributed by atoms with Gasteiger partial charge in [0.25, 0.3) is 17.7 Å². The van der Waals surface area contributed by atoms with Crippen LogP contribution in [0.15, 0.2) is 72.1 Å². The number of hydrogen-bond donors (Lipinski definition) is 2. The van der Waals surface area contributed by atoms with Crippen LogP contribution in [0.5, 0.6) is 0 Å². The number of urea groups is 1. The van der Waals surface area contributed by atoms with E-state index in [1.165, 1.54) is 26.8 Å². The van der Waals surface area contributed by atoms with E-state index in [-0.39, 0.29) is 37.4 Å². The first-order valence-electron chi connectivity index (χ1n) is 25.1. The number of benzene rings is 2. The Morgan fingerprint density at radius 3 is 2.44 bits per heavy atom. The van der Waals surface area contributed by atoms with Gasteiger partial charge in [-0.2, -0.15) is 0 Å². The van der Waals surface area contributed by atoms with Gasteiger partial charge in [-0.25, -0.2) is 10.2 Å². The van der Waals surface area contributed by atoms with Crippen LogP contribution in [0, 0.1) is 17.3 Å². The second-order valence-electron chi connectivity index (χ2n) is 21.0. The third kappa shape index (κ3) is 11.5. The number of nitrogens with one attached hydrogen (secondary N) is 2.